The smallest absolute Gasteiger partial charge is 0.363 e. The third kappa shape index (κ3) is 3.11. The lowest BCUT2D eigenvalue weighted by atomic mass is 10.2. The molecule has 1 aliphatic heterocycles. The lowest BCUT2D eigenvalue weighted by Crippen LogP contribution is -2.30. The molecular weight excluding hydrogens is 338 g/mol. The van der Waals surface area contributed by atoms with Crippen molar-refractivity contribution in [2.24, 2.45) is 0 Å². The van der Waals surface area contributed by atoms with Gasteiger partial charge >= 0.3 is 5.82 Å². The Hall–Kier alpha value is -3.33. The Bertz CT molecular complexity index is 967. The van der Waals surface area contributed by atoms with Gasteiger partial charge < -0.3 is 19.6 Å². The molecule has 3 aromatic rings. The van der Waals surface area contributed by atoms with E-state index in [-0.39, 0.29) is 11.9 Å². The number of hydrogen-bond donors (Lipinski definition) is 0. The molecule has 0 radical (unpaired) electrons. The van der Waals surface area contributed by atoms with E-state index in [4.69, 9.17) is 9.47 Å². The number of ether oxygens (including phenoxy) is 2. The van der Waals surface area contributed by atoms with Crippen LogP contribution < -0.4 is 4.74 Å². The minimum absolute atomic E-state index is 0.211. The molecule has 0 atom stereocenters. The monoisotopic (exact) mass is 353 g/mol. The van der Waals surface area contributed by atoms with Crippen LogP contribution in [-0.4, -0.2) is 37.9 Å². The third-order valence-corrected chi connectivity index (χ3v) is 4.06. The van der Waals surface area contributed by atoms with Crippen molar-refractivity contribution in [2.75, 3.05) is 13.2 Å². The molecule has 3 aromatic heterocycles. The second kappa shape index (κ2) is 6.52. The maximum absolute atomic E-state index is 10.8. The highest BCUT2D eigenvalue weighted by molar-refractivity contribution is 5.59. The van der Waals surface area contributed by atoms with Crippen LogP contribution in [0, 0.1) is 17.0 Å². The minimum atomic E-state index is -0.536. The Balaban J connectivity index is 1.56. The first-order valence-corrected chi connectivity index (χ1v) is 7.98. The lowest BCUT2D eigenvalue weighted by molar-refractivity contribution is -0.389. The molecule has 0 saturated carbocycles. The number of pyridine rings is 2. The number of rotatable bonds is 5. The van der Waals surface area contributed by atoms with E-state index in [1.807, 2.05) is 10.9 Å². The van der Waals surface area contributed by atoms with Crippen LogP contribution in [0.4, 0.5) is 5.82 Å². The zero-order valence-corrected chi connectivity index (χ0v) is 13.9. The summed E-state index contributed by atoms with van der Waals surface area (Å²) in [6, 6.07) is 6.63. The van der Waals surface area contributed by atoms with Gasteiger partial charge in [0, 0.05) is 37.0 Å². The van der Waals surface area contributed by atoms with Crippen molar-refractivity contribution in [3.8, 4) is 22.8 Å². The number of aromatic nitrogens is 4. The highest BCUT2D eigenvalue weighted by Crippen LogP contribution is 2.28. The van der Waals surface area contributed by atoms with E-state index in [1.54, 1.807) is 31.5 Å². The highest BCUT2D eigenvalue weighted by Gasteiger charge is 2.21. The second-order valence-corrected chi connectivity index (χ2v) is 5.89. The van der Waals surface area contributed by atoms with Gasteiger partial charge in [-0.15, -0.1) is 0 Å². The van der Waals surface area contributed by atoms with E-state index >= 15 is 0 Å². The molecule has 26 heavy (non-hydrogen) atoms. The van der Waals surface area contributed by atoms with Gasteiger partial charge in [0.1, 0.15) is 5.75 Å². The van der Waals surface area contributed by atoms with Crippen LogP contribution in [0.3, 0.4) is 0 Å². The van der Waals surface area contributed by atoms with Gasteiger partial charge in [-0.1, -0.05) is 0 Å². The number of hydrogen-bond acceptors (Lipinski definition) is 7. The summed E-state index contributed by atoms with van der Waals surface area (Å²) in [5.74, 6) is 0.807. The van der Waals surface area contributed by atoms with E-state index in [1.165, 1.54) is 12.1 Å². The van der Waals surface area contributed by atoms with E-state index in [0.717, 1.165) is 11.3 Å². The molecule has 0 N–H and O–H groups in total. The van der Waals surface area contributed by atoms with E-state index in [0.29, 0.717) is 30.4 Å². The van der Waals surface area contributed by atoms with Crippen molar-refractivity contribution in [1.82, 2.24) is 19.7 Å². The maximum atomic E-state index is 10.8. The number of nitro groups is 1. The molecular formula is C17H15N5O4. The van der Waals surface area contributed by atoms with Gasteiger partial charge in [-0.3, -0.25) is 9.67 Å². The van der Waals surface area contributed by atoms with E-state index < -0.39 is 4.92 Å². The zero-order valence-electron chi connectivity index (χ0n) is 13.9. The summed E-state index contributed by atoms with van der Waals surface area (Å²) in [5.41, 5.74) is 2.04. The van der Waals surface area contributed by atoms with Gasteiger partial charge in [0.25, 0.3) is 0 Å². The Kier molecular flexibility index (Phi) is 4.05. The highest BCUT2D eigenvalue weighted by atomic mass is 16.6. The number of nitrogens with zero attached hydrogens (tertiary/aromatic N) is 5. The van der Waals surface area contributed by atoms with Crippen LogP contribution >= 0.6 is 0 Å². The van der Waals surface area contributed by atoms with Gasteiger partial charge in [0.05, 0.1) is 31.1 Å². The molecule has 0 spiro atoms. The Labute approximate surface area is 148 Å². The topological polar surface area (TPSA) is 105 Å². The Morgan fingerprint density at radius 3 is 2.88 bits per heavy atom. The fraction of sp³-hybridized carbons (Fsp3) is 0.235. The fourth-order valence-electron chi connectivity index (χ4n) is 2.55. The normalized spacial score (nSPS) is 14.0. The molecule has 0 aromatic carbocycles. The summed E-state index contributed by atoms with van der Waals surface area (Å²) in [7, 11) is 0. The quantitative estimate of drug-likeness (QED) is 0.513. The predicted molar refractivity (Wildman–Crippen MR) is 91.0 cm³/mol. The summed E-state index contributed by atoms with van der Waals surface area (Å²) in [6.45, 7) is 3.00. The molecule has 4 rings (SSSR count). The van der Waals surface area contributed by atoms with Crippen molar-refractivity contribution in [1.29, 1.82) is 0 Å². The largest absolute Gasteiger partial charge is 0.453 e. The van der Waals surface area contributed by atoms with Crippen molar-refractivity contribution < 1.29 is 14.4 Å². The standard InChI is InChI=1S/C17H15N5O4/c1-11-16(2-3-17(20-11)22(23)24)26-14-4-5-18-15(6-14)12-7-19-21(8-12)13-9-25-10-13/h2-8,13H,9-10H2,1H3. The Morgan fingerprint density at radius 1 is 1.35 bits per heavy atom. The summed E-state index contributed by atoms with van der Waals surface area (Å²) >= 11 is 0. The first-order valence-electron chi connectivity index (χ1n) is 7.98. The molecule has 1 saturated heterocycles. The van der Waals surface area contributed by atoms with Gasteiger partial charge in [0.2, 0.25) is 0 Å². The van der Waals surface area contributed by atoms with E-state index in [2.05, 4.69) is 15.1 Å². The Morgan fingerprint density at radius 2 is 2.19 bits per heavy atom. The van der Waals surface area contributed by atoms with Crippen LogP contribution in [0.5, 0.6) is 11.5 Å². The first kappa shape index (κ1) is 16.2. The first-order chi connectivity index (χ1) is 12.6. The third-order valence-electron chi connectivity index (χ3n) is 4.06. The van der Waals surface area contributed by atoms with Gasteiger partial charge in [-0.05, 0) is 22.0 Å². The molecule has 0 aliphatic carbocycles. The fourth-order valence-corrected chi connectivity index (χ4v) is 2.55. The maximum Gasteiger partial charge on any atom is 0.363 e. The molecule has 0 unspecified atom stereocenters. The molecule has 1 aliphatic rings. The van der Waals surface area contributed by atoms with Crippen molar-refractivity contribution in [3.05, 3.63) is 58.7 Å². The van der Waals surface area contributed by atoms with Gasteiger partial charge in [-0.2, -0.15) is 5.10 Å². The zero-order chi connectivity index (χ0) is 18.1. The average Bonchev–Trinajstić information content (AvgIpc) is 3.04. The summed E-state index contributed by atoms with van der Waals surface area (Å²) in [4.78, 5) is 18.5. The summed E-state index contributed by atoms with van der Waals surface area (Å²) in [6.07, 6.45) is 5.32. The molecule has 0 amide bonds. The molecule has 132 valence electrons. The van der Waals surface area contributed by atoms with Crippen LogP contribution in [0.15, 0.2) is 42.9 Å². The molecule has 1 fully saturated rings. The van der Waals surface area contributed by atoms with Crippen molar-refractivity contribution in [3.63, 3.8) is 0 Å². The van der Waals surface area contributed by atoms with Crippen LogP contribution in [0.25, 0.3) is 11.3 Å². The summed E-state index contributed by atoms with van der Waals surface area (Å²) < 4.78 is 12.9. The second-order valence-electron chi connectivity index (χ2n) is 5.89. The van der Waals surface area contributed by atoms with Crippen molar-refractivity contribution >= 4 is 5.82 Å². The van der Waals surface area contributed by atoms with Crippen LogP contribution in [-0.2, 0) is 4.74 Å². The molecule has 0 bridgehead atoms. The van der Waals surface area contributed by atoms with Crippen LogP contribution in [0.1, 0.15) is 11.7 Å². The van der Waals surface area contributed by atoms with Crippen molar-refractivity contribution in [2.45, 2.75) is 13.0 Å². The summed E-state index contributed by atoms with van der Waals surface area (Å²) in [5, 5.41) is 15.1. The van der Waals surface area contributed by atoms with Gasteiger partial charge in [0.15, 0.2) is 11.4 Å². The predicted octanol–water partition coefficient (Wildman–Crippen LogP) is 2.92. The van der Waals surface area contributed by atoms with Crippen LogP contribution in [0.2, 0.25) is 0 Å². The lowest BCUT2D eigenvalue weighted by Gasteiger charge is -2.25. The number of aryl methyl sites for hydroxylation is 1. The average molecular weight is 353 g/mol. The molecule has 9 heteroatoms. The minimum Gasteiger partial charge on any atom is -0.453 e. The van der Waals surface area contributed by atoms with E-state index in [9.17, 15) is 10.1 Å². The molecule has 9 nitrogen and oxygen atoms in total. The van der Waals surface area contributed by atoms with Gasteiger partial charge in [-0.25, -0.2) is 0 Å². The molecule has 4 heterocycles. The SMILES string of the molecule is Cc1nc([N+](=O)[O-])ccc1Oc1ccnc(-c2cnn(C3COC3)c2)c1.